The van der Waals surface area contributed by atoms with Gasteiger partial charge in [-0.05, 0) is 36.6 Å². The monoisotopic (exact) mass is 257 g/mol. The molecule has 0 aliphatic heterocycles. The second kappa shape index (κ2) is 6.34. The number of benzene rings is 1. The molecule has 100 valence electrons. The molecule has 1 unspecified atom stereocenters. The van der Waals surface area contributed by atoms with Gasteiger partial charge in [-0.3, -0.25) is 4.98 Å². The van der Waals surface area contributed by atoms with Crippen molar-refractivity contribution in [3.8, 4) is 5.75 Å². The minimum absolute atomic E-state index is 0.669. The summed E-state index contributed by atoms with van der Waals surface area (Å²) >= 11 is 0. The second-order valence-corrected chi connectivity index (χ2v) is 4.62. The van der Waals surface area contributed by atoms with E-state index < -0.39 is 6.10 Å². The predicted molar refractivity (Wildman–Crippen MR) is 75.3 cm³/mol. The van der Waals surface area contributed by atoms with Crippen LogP contribution in [0.2, 0.25) is 0 Å². The zero-order valence-electron chi connectivity index (χ0n) is 11.3. The molecule has 0 aliphatic carbocycles. The molecule has 0 radical (unpaired) electrons. The van der Waals surface area contributed by atoms with Gasteiger partial charge in [0.2, 0.25) is 0 Å². The maximum Gasteiger partial charge on any atom is 0.119 e. The van der Waals surface area contributed by atoms with Crippen LogP contribution in [0.15, 0.2) is 42.7 Å². The molecule has 2 aromatic rings. The Balaban J connectivity index is 2.21. The number of ether oxygens (including phenoxy) is 1. The Bertz CT molecular complexity index is 540. The van der Waals surface area contributed by atoms with E-state index in [-0.39, 0.29) is 0 Å². The molecule has 0 spiro atoms. The average Bonchev–Trinajstić information content (AvgIpc) is 2.44. The molecule has 0 fully saturated rings. The molecule has 19 heavy (non-hydrogen) atoms. The lowest BCUT2D eigenvalue weighted by molar-refractivity contribution is 0.219. The molecule has 0 saturated heterocycles. The number of rotatable bonds is 5. The van der Waals surface area contributed by atoms with Gasteiger partial charge >= 0.3 is 0 Å². The fourth-order valence-electron chi connectivity index (χ4n) is 1.91. The lowest BCUT2D eigenvalue weighted by Gasteiger charge is -2.13. The third kappa shape index (κ3) is 3.55. The van der Waals surface area contributed by atoms with E-state index >= 15 is 0 Å². The van der Waals surface area contributed by atoms with Crippen LogP contribution in [0.3, 0.4) is 0 Å². The molecular weight excluding hydrogens is 238 g/mol. The minimum atomic E-state index is -0.669. The van der Waals surface area contributed by atoms with Gasteiger partial charge in [-0.25, -0.2) is 0 Å². The Morgan fingerprint density at radius 3 is 2.79 bits per heavy atom. The van der Waals surface area contributed by atoms with Gasteiger partial charge in [0.1, 0.15) is 11.9 Å². The Morgan fingerprint density at radius 2 is 2.05 bits per heavy atom. The van der Waals surface area contributed by atoms with Crippen LogP contribution in [0.5, 0.6) is 5.75 Å². The Morgan fingerprint density at radius 1 is 1.21 bits per heavy atom. The number of aliphatic hydroxyl groups excluding tert-OH is 1. The van der Waals surface area contributed by atoms with Crippen LogP contribution in [0.1, 0.15) is 36.1 Å². The summed E-state index contributed by atoms with van der Waals surface area (Å²) in [6.45, 7) is 4.71. The molecule has 0 bridgehead atoms. The van der Waals surface area contributed by atoms with Gasteiger partial charge in [-0.15, -0.1) is 0 Å². The van der Waals surface area contributed by atoms with Crippen LogP contribution in [0, 0.1) is 6.92 Å². The number of aliphatic hydroxyl groups is 1. The average molecular weight is 257 g/mol. The first-order chi connectivity index (χ1) is 9.20. The number of hydrogen-bond donors (Lipinski definition) is 1. The summed E-state index contributed by atoms with van der Waals surface area (Å²) in [5.74, 6) is 0.791. The smallest absolute Gasteiger partial charge is 0.119 e. The molecule has 0 aliphatic rings. The highest BCUT2D eigenvalue weighted by Gasteiger charge is 2.11. The molecule has 1 atom stereocenters. The van der Waals surface area contributed by atoms with Crippen molar-refractivity contribution in [2.75, 3.05) is 6.61 Å². The lowest BCUT2D eigenvalue weighted by Crippen LogP contribution is -2.02. The Hall–Kier alpha value is -1.87. The summed E-state index contributed by atoms with van der Waals surface area (Å²) in [7, 11) is 0. The van der Waals surface area contributed by atoms with E-state index in [9.17, 15) is 5.11 Å². The largest absolute Gasteiger partial charge is 0.494 e. The molecular formula is C16H19NO2. The van der Waals surface area contributed by atoms with Crippen molar-refractivity contribution in [1.29, 1.82) is 0 Å². The maximum atomic E-state index is 10.4. The van der Waals surface area contributed by atoms with E-state index in [4.69, 9.17) is 4.74 Å². The summed E-state index contributed by atoms with van der Waals surface area (Å²) in [5, 5.41) is 10.4. The van der Waals surface area contributed by atoms with Crippen molar-refractivity contribution in [1.82, 2.24) is 4.98 Å². The van der Waals surface area contributed by atoms with Crippen molar-refractivity contribution >= 4 is 0 Å². The number of pyridine rings is 1. The highest BCUT2D eigenvalue weighted by atomic mass is 16.5. The van der Waals surface area contributed by atoms with E-state index in [1.54, 1.807) is 12.4 Å². The summed E-state index contributed by atoms with van der Waals surface area (Å²) in [6, 6.07) is 9.51. The van der Waals surface area contributed by atoms with Gasteiger partial charge in [0.15, 0.2) is 0 Å². The van der Waals surface area contributed by atoms with Gasteiger partial charge in [0, 0.05) is 18.0 Å². The quantitative estimate of drug-likeness (QED) is 0.894. The van der Waals surface area contributed by atoms with Gasteiger partial charge in [0.05, 0.1) is 6.61 Å². The summed E-state index contributed by atoms with van der Waals surface area (Å²) in [4.78, 5) is 4.11. The molecule has 1 N–H and O–H groups in total. The molecule has 0 amide bonds. The van der Waals surface area contributed by atoms with E-state index in [0.717, 1.165) is 28.9 Å². The number of hydrogen-bond acceptors (Lipinski definition) is 3. The molecule has 1 aromatic heterocycles. The first-order valence-corrected chi connectivity index (χ1v) is 6.53. The van der Waals surface area contributed by atoms with Crippen LogP contribution in [-0.4, -0.2) is 16.7 Å². The zero-order chi connectivity index (χ0) is 13.7. The van der Waals surface area contributed by atoms with Gasteiger partial charge in [-0.1, -0.05) is 25.1 Å². The third-order valence-electron chi connectivity index (χ3n) is 2.86. The van der Waals surface area contributed by atoms with E-state index in [2.05, 4.69) is 11.9 Å². The van der Waals surface area contributed by atoms with Gasteiger partial charge in [0.25, 0.3) is 0 Å². The molecule has 1 aromatic carbocycles. The normalized spacial score (nSPS) is 12.2. The van der Waals surface area contributed by atoms with Crippen LogP contribution in [0.25, 0.3) is 0 Å². The second-order valence-electron chi connectivity index (χ2n) is 4.62. The van der Waals surface area contributed by atoms with Crippen molar-refractivity contribution in [3.63, 3.8) is 0 Å². The summed E-state index contributed by atoms with van der Waals surface area (Å²) in [6.07, 6.45) is 3.76. The van der Waals surface area contributed by atoms with Crippen LogP contribution < -0.4 is 4.74 Å². The van der Waals surface area contributed by atoms with E-state index in [0.29, 0.717) is 6.61 Å². The fourth-order valence-corrected chi connectivity index (χ4v) is 1.91. The SMILES string of the molecule is CCCOc1cccc(C(O)c2cncc(C)c2)c1. The number of nitrogens with zero attached hydrogens (tertiary/aromatic N) is 1. The molecule has 3 nitrogen and oxygen atoms in total. The number of aromatic nitrogens is 1. The highest BCUT2D eigenvalue weighted by Crippen LogP contribution is 2.25. The summed E-state index contributed by atoms with van der Waals surface area (Å²) in [5.41, 5.74) is 2.66. The Kier molecular flexibility index (Phi) is 4.53. The fraction of sp³-hybridized carbons (Fsp3) is 0.312. The lowest BCUT2D eigenvalue weighted by atomic mass is 10.0. The van der Waals surface area contributed by atoms with E-state index in [1.165, 1.54) is 0 Å². The topological polar surface area (TPSA) is 42.4 Å². The molecule has 1 heterocycles. The van der Waals surface area contributed by atoms with Crippen LogP contribution >= 0.6 is 0 Å². The first-order valence-electron chi connectivity index (χ1n) is 6.53. The highest BCUT2D eigenvalue weighted by molar-refractivity contribution is 5.35. The standard InChI is InChI=1S/C16H19NO2/c1-3-7-19-15-6-4-5-13(9-15)16(18)14-8-12(2)10-17-11-14/h4-6,8-11,16,18H,3,7H2,1-2H3. The summed E-state index contributed by atoms with van der Waals surface area (Å²) < 4.78 is 5.58. The molecule has 0 saturated carbocycles. The van der Waals surface area contributed by atoms with Gasteiger partial charge < -0.3 is 9.84 Å². The van der Waals surface area contributed by atoms with Crippen molar-refractivity contribution in [2.45, 2.75) is 26.4 Å². The first kappa shape index (κ1) is 13.6. The predicted octanol–water partition coefficient (Wildman–Crippen LogP) is 3.26. The Labute approximate surface area is 113 Å². The molecule has 3 heteroatoms. The number of aryl methyl sites for hydroxylation is 1. The zero-order valence-corrected chi connectivity index (χ0v) is 11.3. The van der Waals surface area contributed by atoms with Crippen molar-refractivity contribution in [2.24, 2.45) is 0 Å². The maximum absolute atomic E-state index is 10.4. The van der Waals surface area contributed by atoms with Crippen molar-refractivity contribution in [3.05, 3.63) is 59.4 Å². The third-order valence-corrected chi connectivity index (χ3v) is 2.86. The minimum Gasteiger partial charge on any atom is -0.494 e. The van der Waals surface area contributed by atoms with Crippen LogP contribution in [-0.2, 0) is 0 Å². The van der Waals surface area contributed by atoms with Gasteiger partial charge in [-0.2, -0.15) is 0 Å². The van der Waals surface area contributed by atoms with Crippen molar-refractivity contribution < 1.29 is 9.84 Å². The molecule has 2 rings (SSSR count). The van der Waals surface area contributed by atoms with Crippen LogP contribution in [0.4, 0.5) is 0 Å². The van der Waals surface area contributed by atoms with E-state index in [1.807, 2.05) is 37.3 Å².